The van der Waals surface area contributed by atoms with E-state index < -0.39 is 175 Å². The Kier molecular flexibility index (Phi) is 34.1. The Morgan fingerprint density at radius 2 is 1.17 bits per heavy atom. The number of ketones is 2. The number of hydrogen-bond acceptors (Lipinski definition) is 17. The first kappa shape index (κ1) is 99.5. The number of imidazole rings is 1. The number of nitrogens with one attached hydrogen (secondary N) is 4. The quantitative estimate of drug-likeness (QED) is 0.0152. The average molecular weight is 1860 g/mol. The molecule has 3 saturated heterocycles. The zero-order valence-corrected chi connectivity index (χ0v) is 78.6. The Morgan fingerprint density at radius 3 is 1.76 bits per heavy atom. The van der Waals surface area contributed by atoms with Crippen LogP contribution in [0, 0.1) is 11.8 Å². The molecule has 3 aliphatic heterocycles. The van der Waals surface area contributed by atoms with Crippen LogP contribution in [0.3, 0.4) is 0 Å². The van der Waals surface area contributed by atoms with E-state index in [4.69, 9.17) is 36.5 Å². The van der Waals surface area contributed by atoms with Gasteiger partial charge in [0.1, 0.15) is 35.3 Å². The van der Waals surface area contributed by atoms with Crippen LogP contribution < -0.4 is 16.4 Å². The molecule has 6 heterocycles. The number of likely N-dealkylation sites (tertiary alicyclic amines) is 2. The van der Waals surface area contributed by atoms with E-state index >= 15 is 33.6 Å². The van der Waals surface area contributed by atoms with Crippen molar-refractivity contribution >= 4 is 104 Å². The van der Waals surface area contributed by atoms with Crippen molar-refractivity contribution in [1.82, 2.24) is 59.6 Å². The minimum absolute atomic E-state index is 0.00881. The fourth-order valence-corrected chi connectivity index (χ4v) is 19.3. The molecule has 3 aliphatic rings. The molecule has 7 aromatic carbocycles. The van der Waals surface area contributed by atoms with Crippen LogP contribution >= 0.6 is 11.6 Å². The number of ether oxygens (including phenoxy) is 3. The number of esters is 1. The first-order valence-corrected chi connectivity index (χ1v) is 47.3. The number of aliphatic carboxylic acids is 1. The van der Waals surface area contributed by atoms with Crippen LogP contribution in [0.25, 0.3) is 21.8 Å². The van der Waals surface area contributed by atoms with E-state index in [1.165, 1.54) is 45.6 Å². The summed E-state index contributed by atoms with van der Waals surface area (Å²) in [6.45, 7) is 6.02. The molecule has 30 heteroatoms. The number of carbonyl (C=O) groups is 12. The molecule has 135 heavy (non-hydrogen) atoms. The second kappa shape index (κ2) is 46.3. The number of Topliss-reactive ketones (excluding diaryl/α,β-unsaturated/α-hetero) is 2. The molecule has 7 N–H and O–H groups in total. The fraction of sp³-hybridized carbons (Fsp3) is 0.419. The van der Waals surface area contributed by atoms with Gasteiger partial charge in [0.2, 0.25) is 47.3 Å². The number of amides is 8. The van der Waals surface area contributed by atoms with Gasteiger partial charge in [-0.25, -0.2) is 9.78 Å². The van der Waals surface area contributed by atoms with Gasteiger partial charge in [-0.3, -0.25) is 52.7 Å². The molecule has 3 fully saturated rings. The number of nitrogens with two attached hydrogens (primary N) is 1. The maximum atomic E-state index is 16.5. The SMILES string of the molecule is CCCC[C@H](NC(=O)[C@@H](N)Cc1c[nH]c2ccccc12)C(=O)C[C@@H](Cc1c[nH]c2ccccc12)C(=O)N[C@@H](COC1CCCCO1)C(=O)N(CCC)CC(=O)N(C)[C@@H](Cc1cccc(Cl)c1)C(=O)N(C)[C@@H](Cc1cn(C(c2ccccc2)(c2ccccc2)c2ccccc2)cn1)C(=O)N(C)CC(=O)N1CCC[C@H]1C(=O)C[C@@H](CC(=O)O)C(=O)N1CCC[C@H]1C(=O)OC(C)(C)c1ccccc1. The number of halogens is 1. The maximum Gasteiger partial charge on any atom is 0.329 e. The number of hydrogen-bond donors (Lipinski definition) is 6. The fourth-order valence-electron chi connectivity index (χ4n) is 19.0. The van der Waals surface area contributed by atoms with Crippen molar-refractivity contribution in [1.29, 1.82) is 0 Å². The summed E-state index contributed by atoms with van der Waals surface area (Å²) in [5.74, 6) is -11.2. The van der Waals surface area contributed by atoms with Crippen LogP contribution in [-0.4, -0.2) is 240 Å². The lowest BCUT2D eigenvalue weighted by atomic mass is 9.77. The number of nitrogens with zero attached hydrogens (tertiary/aromatic N) is 8. The summed E-state index contributed by atoms with van der Waals surface area (Å²) in [5, 5.41) is 18.2. The smallest absolute Gasteiger partial charge is 0.329 e. The van der Waals surface area contributed by atoms with Crippen LogP contribution in [0.2, 0.25) is 5.02 Å². The molecule has 1 unspecified atom stereocenters. The number of carbonyl (C=O) groups excluding carboxylic acids is 11. The zero-order valence-electron chi connectivity index (χ0n) is 77.8. The van der Waals surface area contributed by atoms with Gasteiger partial charge in [-0.05, 0) is 148 Å². The van der Waals surface area contributed by atoms with Crippen molar-refractivity contribution in [3.63, 3.8) is 0 Å². The minimum atomic E-state index is -1.52. The highest BCUT2D eigenvalue weighted by Crippen LogP contribution is 2.42. The van der Waals surface area contributed by atoms with Gasteiger partial charge in [0, 0.05) is 124 Å². The monoisotopic (exact) mass is 1860 g/mol. The third-order valence-electron chi connectivity index (χ3n) is 26.4. The molecule has 10 atom stereocenters. The van der Waals surface area contributed by atoms with E-state index in [0.717, 1.165) is 61.8 Å². The van der Waals surface area contributed by atoms with Gasteiger partial charge in [0.25, 0.3) is 0 Å². The molecular formula is C105H124ClN13O16. The Labute approximate surface area is 792 Å². The van der Waals surface area contributed by atoms with Gasteiger partial charge in [0.05, 0.1) is 62.2 Å². The summed E-state index contributed by atoms with van der Waals surface area (Å²) in [7, 11) is 4.23. The third kappa shape index (κ3) is 24.4. The van der Waals surface area contributed by atoms with E-state index in [9.17, 15) is 29.1 Å². The van der Waals surface area contributed by atoms with Crippen molar-refractivity contribution in [3.05, 3.63) is 269 Å². The molecule has 3 aromatic heterocycles. The van der Waals surface area contributed by atoms with Gasteiger partial charge in [-0.2, -0.15) is 0 Å². The number of aromatic nitrogens is 4. The molecule has 10 aromatic rings. The lowest BCUT2D eigenvalue weighted by Gasteiger charge is -2.37. The Bertz CT molecular complexity index is 5690. The van der Waals surface area contributed by atoms with Crippen molar-refractivity contribution in [2.24, 2.45) is 17.6 Å². The number of unbranched alkanes of at least 4 members (excludes halogenated alkanes) is 1. The third-order valence-corrected chi connectivity index (χ3v) is 26.6. The lowest BCUT2D eigenvalue weighted by Crippen LogP contribution is -2.58. The van der Waals surface area contributed by atoms with Gasteiger partial charge in [-0.1, -0.05) is 208 Å². The predicted molar refractivity (Wildman–Crippen MR) is 512 cm³/mol. The summed E-state index contributed by atoms with van der Waals surface area (Å²) in [5.41, 5.74) is 11.8. The highest BCUT2D eigenvalue weighted by atomic mass is 35.5. The molecule has 0 bridgehead atoms. The van der Waals surface area contributed by atoms with E-state index in [0.29, 0.717) is 72.5 Å². The van der Waals surface area contributed by atoms with Crippen molar-refractivity contribution in [2.45, 2.75) is 203 Å². The lowest BCUT2D eigenvalue weighted by molar-refractivity contribution is -0.171. The Hall–Kier alpha value is -13.0. The second-order valence-electron chi connectivity index (χ2n) is 36.3. The normalized spacial score (nSPS) is 16.7. The number of fused-ring (bicyclic) bond motifs is 2. The highest BCUT2D eigenvalue weighted by molar-refractivity contribution is 6.30. The summed E-state index contributed by atoms with van der Waals surface area (Å²) < 4.78 is 20.4. The van der Waals surface area contributed by atoms with Crippen LogP contribution in [0.15, 0.2) is 219 Å². The van der Waals surface area contributed by atoms with Gasteiger partial charge >= 0.3 is 11.9 Å². The average Bonchev–Trinajstić information content (AvgIpc) is 1.72. The summed E-state index contributed by atoms with van der Waals surface area (Å²) in [6, 6.07) is 51.7. The summed E-state index contributed by atoms with van der Waals surface area (Å²) in [6.07, 6.45) is 9.24. The van der Waals surface area contributed by atoms with Crippen molar-refractivity contribution < 1.29 is 76.9 Å². The van der Waals surface area contributed by atoms with Gasteiger partial charge < -0.3 is 79.6 Å². The first-order valence-electron chi connectivity index (χ1n) is 46.9. The van der Waals surface area contributed by atoms with Gasteiger partial charge in [0.15, 0.2) is 17.9 Å². The maximum absolute atomic E-state index is 16.5. The molecule has 0 radical (unpaired) electrons. The number of likely N-dealkylation sites (N-methyl/N-ethyl adjacent to an activating group) is 3. The molecule has 29 nitrogen and oxygen atoms in total. The molecule has 712 valence electrons. The number of carboxylic acid groups (broad SMARTS) is 1. The van der Waals surface area contributed by atoms with Crippen LogP contribution in [0.5, 0.6) is 0 Å². The number of benzene rings is 7. The first-order chi connectivity index (χ1) is 65.0. The second-order valence-corrected chi connectivity index (χ2v) is 36.7. The van der Waals surface area contributed by atoms with E-state index in [2.05, 4.69) is 20.6 Å². The standard InChI is InChI=1S/C105H124ClN13O16/c1-8-10-44-85(111-98(127)82(107)57-73-63-109-84-46-26-24-43-81(73)84)91(120)58-70(56-72-62-108-83-45-25-23-42-80(72)83)97(126)112-86(67-134-96-49-27-28-53-133-96)100(129)116(50-9-2)66-93(122)114(6)89(55-69-32-29-41-78(106)54-69)102(131)115(7)90(61-79-64-117(68-110-79)105(75-35-17-12-18-36-75,76-37-19-13-20-38-76)77-39-21-14-22-40-77)101(130)113(5)65-94(123)118-51-30-47-87(118)92(121)59-71(60-95(124)125)99(128)119-52-31-48-88(119)103(132)135-104(3,4)74-33-15-11-16-34-74/h11-26,29,32-43,45-46,54,62-64,68,70-71,82,85-90,96,108-109H,8-10,27-28,30-31,44,47-53,55-61,65-67,107H2,1-7H3,(H,111,127)(H,112,126)(H,124,125)/t70-,71+,82+,85+,86+,87+,88+,89+,90+,96?/m1/s1. The van der Waals surface area contributed by atoms with E-state index in [-0.39, 0.29) is 71.0 Å². The number of H-pyrrole nitrogens is 2. The van der Waals surface area contributed by atoms with Crippen molar-refractivity contribution in [3.8, 4) is 0 Å². The van der Waals surface area contributed by atoms with Crippen LogP contribution in [-0.2, 0) is 109 Å². The van der Waals surface area contributed by atoms with E-state index in [1.807, 2.05) is 201 Å². The molecule has 8 amide bonds. The number of aromatic amines is 2. The largest absolute Gasteiger partial charge is 0.481 e. The Balaban J connectivity index is 0.788. The van der Waals surface area contributed by atoms with Crippen molar-refractivity contribution in [2.75, 3.05) is 67.1 Å². The highest BCUT2D eigenvalue weighted by Gasteiger charge is 2.47. The minimum Gasteiger partial charge on any atom is -0.481 e. The molecule has 0 saturated carbocycles. The number of carboxylic acids is 1. The molecule has 0 aliphatic carbocycles. The summed E-state index contributed by atoms with van der Waals surface area (Å²) >= 11 is 6.73. The Morgan fingerprint density at radius 1 is 0.593 bits per heavy atom. The predicted octanol–water partition coefficient (Wildman–Crippen LogP) is 12.1. The summed E-state index contributed by atoms with van der Waals surface area (Å²) in [4.78, 5) is 200. The zero-order chi connectivity index (χ0) is 96.0. The topological polar surface area (TPSA) is 372 Å². The molecular weight excluding hydrogens is 1730 g/mol. The number of para-hydroxylation sites is 2. The number of rotatable bonds is 45. The van der Waals surface area contributed by atoms with Gasteiger partial charge in [-0.15, -0.1) is 0 Å². The molecule has 0 spiro atoms. The van der Waals surface area contributed by atoms with Crippen LogP contribution in [0.4, 0.5) is 0 Å². The molecule has 13 rings (SSSR count). The van der Waals surface area contributed by atoms with Crippen LogP contribution in [0.1, 0.15) is 162 Å². The van der Waals surface area contributed by atoms with E-state index in [1.54, 1.807) is 50.6 Å².